The van der Waals surface area contributed by atoms with Gasteiger partial charge >= 0.3 is 12.4 Å². The third kappa shape index (κ3) is 0.718. The van der Waals surface area contributed by atoms with Crippen molar-refractivity contribution in [2.45, 2.75) is 18.0 Å². The molecule has 1 heterocycles. The predicted octanol–water partition coefficient (Wildman–Crippen LogP) is -0.152. The molecule has 0 aromatic heterocycles. The van der Waals surface area contributed by atoms with Gasteiger partial charge in [0.25, 0.3) is 0 Å². The van der Waals surface area contributed by atoms with Gasteiger partial charge in [0.2, 0.25) is 0 Å². The number of nitrogens with one attached hydrogen (secondary N) is 1. The Morgan fingerprint density at radius 3 is 3.13 bits per heavy atom. The first-order valence-electron chi connectivity index (χ1n) is 5.40. The van der Waals surface area contributed by atoms with Crippen molar-refractivity contribution < 1.29 is 14.3 Å². The summed E-state index contributed by atoms with van der Waals surface area (Å²) in [5, 5.41) is 3.26. The van der Waals surface area contributed by atoms with Crippen molar-refractivity contribution in [3.05, 3.63) is 12.2 Å². The molecule has 1 aliphatic heterocycles. The number of hydrogen-bond acceptors (Lipinski definition) is 4. The molecule has 0 amide bonds. The SMILES string of the molecule is O=COC(=O)C12NC1C1C=CC2C2CC12. The summed E-state index contributed by atoms with van der Waals surface area (Å²) in [6.45, 7) is 0.241. The minimum absolute atomic E-state index is 0.226. The summed E-state index contributed by atoms with van der Waals surface area (Å²) in [6, 6.07) is 0.226. The molecular weight excluding hydrogens is 194 g/mol. The maximum Gasteiger partial charge on any atom is 0.336 e. The second kappa shape index (κ2) is 2.16. The monoisotopic (exact) mass is 205 g/mol. The number of esters is 1. The second-order valence-electron chi connectivity index (χ2n) is 5.04. The number of rotatable bonds is 2. The molecule has 4 nitrogen and oxygen atoms in total. The highest BCUT2D eigenvalue weighted by Gasteiger charge is 2.78. The first-order valence-corrected chi connectivity index (χ1v) is 5.40. The topological polar surface area (TPSA) is 65.3 Å². The van der Waals surface area contributed by atoms with Crippen LogP contribution < -0.4 is 5.32 Å². The van der Waals surface area contributed by atoms with Gasteiger partial charge in [-0.25, -0.2) is 4.79 Å². The molecule has 5 aliphatic rings. The molecule has 78 valence electrons. The quantitative estimate of drug-likeness (QED) is 0.224. The fourth-order valence-electron chi connectivity index (χ4n) is 3.85. The van der Waals surface area contributed by atoms with E-state index in [0.717, 1.165) is 5.92 Å². The van der Waals surface area contributed by atoms with Crippen LogP contribution in [0, 0.1) is 23.7 Å². The smallest absolute Gasteiger partial charge is 0.336 e. The van der Waals surface area contributed by atoms with Crippen LogP contribution in [-0.4, -0.2) is 24.0 Å². The van der Waals surface area contributed by atoms with E-state index in [1.54, 1.807) is 0 Å². The van der Waals surface area contributed by atoms with Crippen molar-refractivity contribution in [3.63, 3.8) is 0 Å². The summed E-state index contributed by atoms with van der Waals surface area (Å²) in [4.78, 5) is 22.0. The van der Waals surface area contributed by atoms with Crippen LogP contribution in [-0.2, 0) is 14.3 Å². The minimum atomic E-state index is -0.544. The molecule has 15 heavy (non-hydrogen) atoms. The standard InChI is InChI=1S/C11H11NO3/c13-4-15-10(14)11-8-2-1-5(9(11)12-11)6-3-7(6)8/h1-2,4-9,12H,3H2. The Morgan fingerprint density at radius 1 is 1.47 bits per heavy atom. The van der Waals surface area contributed by atoms with Crippen molar-refractivity contribution in [3.8, 4) is 0 Å². The number of carbonyl (C=O) groups is 2. The molecule has 3 fully saturated rings. The van der Waals surface area contributed by atoms with Gasteiger partial charge in [-0.3, -0.25) is 10.1 Å². The summed E-state index contributed by atoms with van der Waals surface area (Å²) in [6.07, 6.45) is 5.61. The molecule has 1 saturated heterocycles. The lowest BCUT2D eigenvalue weighted by Crippen LogP contribution is -2.46. The van der Waals surface area contributed by atoms with Gasteiger partial charge in [-0.1, -0.05) is 12.2 Å². The molecule has 2 saturated carbocycles. The van der Waals surface area contributed by atoms with Gasteiger partial charge in [-0.15, -0.1) is 0 Å². The van der Waals surface area contributed by atoms with Gasteiger partial charge in [-0.05, 0) is 24.2 Å². The van der Waals surface area contributed by atoms with E-state index in [0.29, 0.717) is 11.8 Å². The molecule has 5 rings (SSSR count). The Labute approximate surface area is 86.7 Å². The molecule has 6 unspecified atom stereocenters. The van der Waals surface area contributed by atoms with Gasteiger partial charge in [-0.2, -0.15) is 0 Å². The molecule has 0 radical (unpaired) electrons. The van der Waals surface area contributed by atoms with Crippen LogP contribution in [0.3, 0.4) is 0 Å². The Bertz CT molecular complexity index is 405. The average Bonchev–Trinajstić information content (AvgIpc) is 3.11. The third-order valence-electron chi connectivity index (χ3n) is 4.59. The van der Waals surface area contributed by atoms with Gasteiger partial charge in [0.1, 0.15) is 5.54 Å². The first-order chi connectivity index (χ1) is 7.29. The number of hydrogen-bond donors (Lipinski definition) is 1. The fraction of sp³-hybridized carbons (Fsp3) is 0.636. The highest BCUT2D eigenvalue weighted by molar-refractivity contribution is 5.91. The van der Waals surface area contributed by atoms with Crippen LogP contribution in [0.5, 0.6) is 0 Å². The fourth-order valence-corrected chi connectivity index (χ4v) is 3.85. The molecule has 0 spiro atoms. The zero-order valence-corrected chi connectivity index (χ0v) is 8.05. The summed E-state index contributed by atoms with van der Waals surface area (Å²) in [7, 11) is 0. The minimum Gasteiger partial charge on any atom is -0.394 e. The predicted molar refractivity (Wildman–Crippen MR) is 49.5 cm³/mol. The van der Waals surface area contributed by atoms with E-state index >= 15 is 0 Å². The van der Waals surface area contributed by atoms with Crippen molar-refractivity contribution in [1.82, 2.24) is 5.32 Å². The first kappa shape index (κ1) is 8.05. The van der Waals surface area contributed by atoms with Crippen LogP contribution in [0.4, 0.5) is 0 Å². The zero-order valence-electron chi connectivity index (χ0n) is 8.05. The van der Waals surface area contributed by atoms with Gasteiger partial charge in [0.15, 0.2) is 0 Å². The molecule has 1 N–H and O–H groups in total. The van der Waals surface area contributed by atoms with Crippen molar-refractivity contribution >= 4 is 12.4 Å². The molecule has 0 aromatic carbocycles. The summed E-state index contributed by atoms with van der Waals surface area (Å²) < 4.78 is 4.53. The van der Waals surface area contributed by atoms with Crippen molar-refractivity contribution in [1.29, 1.82) is 0 Å². The second-order valence-corrected chi connectivity index (χ2v) is 5.04. The highest BCUT2D eigenvalue weighted by Crippen LogP contribution is 2.67. The Kier molecular flexibility index (Phi) is 1.16. The van der Waals surface area contributed by atoms with E-state index < -0.39 is 5.54 Å². The van der Waals surface area contributed by atoms with Gasteiger partial charge < -0.3 is 4.74 Å². The molecule has 2 bridgehead atoms. The van der Waals surface area contributed by atoms with E-state index in [1.165, 1.54) is 6.42 Å². The van der Waals surface area contributed by atoms with E-state index in [2.05, 4.69) is 22.2 Å². The molecule has 6 atom stereocenters. The maximum atomic E-state index is 11.8. The van der Waals surface area contributed by atoms with E-state index in [4.69, 9.17) is 0 Å². The van der Waals surface area contributed by atoms with E-state index in [1.807, 2.05) is 0 Å². The summed E-state index contributed by atoms with van der Waals surface area (Å²) >= 11 is 0. The lowest BCUT2D eigenvalue weighted by atomic mass is 9.69. The van der Waals surface area contributed by atoms with Crippen LogP contribution >= 0.6 is 0 Å². The normalized spacial score (nSPS) is 56.7. The largest absolute Gasteiger partial charge is 0.394 e. The lowest BCUT2D eigenvalue weighted by molar-refractivity contribution is -0.155. The third-order valence-corrected chi connectivity index (χ3v) is 4.59. The number of ether oxygens (including phenoxy) is 1. The summed E-state index contributed by atoms with van der Waals surface area (Å²) in [5.74, 6) is 1.78. The Morgan fingerprint density at radius 2 is 2.33 bits per heavy atom. The maximum absolute atomic E-state index is 11.8. The van der Waals surface area contributed by atoms with Crippen LogP contribution in [0.2, 0.25) is 0 Å². The number of carbonyl (C=O) groups excluding carboxylic acids is 2. The average molecular weight is 205 g/mol. The molecule has 4 heteroatoms. The molecule has 4 aliphatic carbocycles. The van der Waals surface area contributed by atoms with Crippen LogP contribution in [0.1, 0.15) is 6.42 Å². The van der Waals surface area contributed by atoms with E-state index in [9.17, 15) is 9.59 Å². The van der Waals surface area contributed by atoms with Gasteiger partial charge in [0, 0.05) is 12.0 Å². The zero-order chi connectivity index (χ0) is 10.2. The van der Waals surface area contributed by atoms with Crippen molar-refractivity contribution in [2.24, 2.45) is 23.7 Å². The van der Waals surface area contributed by atoms with E-state index in [-0.39, 0.29) is 24.4 Å². The highest BCUT2D eigenvalue weighted by atomic mass is 16.6. The molecular formula is C11H11NO3. The summed E-state index contributed by atoms with van der Waals surface area (Å²) in [5.41, 5.74) is -0.544. The molecule has 0 aromatic rings. The van der Waals surface area contributed by atoms with Gasteiger partial charge in [0.05, 0.1) is 0 Å². The Hall–Kier alpha value is -1.16. The van der Waals surface area contributed by atoms with Crippen LogP contribution in [0.25, 0.3) is 0 Å². The van der Waals surface area contributed by atoms with Crippen molar-refractivity contribution in [2.75, 3.05) is 0 Å². The van der Waals surface area contributed by atoms with Crippen LogP contribution in [0.15, 0.2) is 12.2 Å². The Balaban J connectivity index is 1.73. The lowest BCUT2D eigenvalue weighted by Gasteiger charge is -2.33.